The average molecular weight is 539 g/mol. The first-order valence-corrected chi connectivity index (χ1v) is 13.4. The Morgan fingerprint density at radius 3 is 1.73 bits per heavy atom. The number of carbonyl (C=O) groups is 2. The van der Waals surface area contributed by atoms with Crippen LogP contribution in [0.1, 0.15) is 28.4 Å². The molecule has 0 fully saturated rings. The summed E-state index contributed by atoms with van der Waals surface area (Å²) in [6, 6.07) is 40.9. The third kappa shape index (κ3) is 8.04. The van der Waals surface area contributed by atoms with E-state index in [-0.39, 0.29) is 11.8 Å². The van der Waals surface area contributed by atoms with Crippen LogP contribution in [-0.4, -0.2) is 11.8 Å². The Morgan fingerprint density at radius 2 is 1.15 bits per heavy atom. The van der Waals surface area contributed by atoms with E-state index in [0.717, 1.165) is 16.7 Å². The van der Waals surface area contributed by atoms with Crippen molar-refractivity contribution in [3.8, 4) is 5.75 Å². The van der Waals surface area contributed by atoms with Gasteiger partial charge in [-0.15, -0.1) is 0 Å². The van der Waals surface area contributed by atoms with Gasteiger partial charge in [0, 0.05) is 12.2 Å². The van der Waals surface area contributed by atoms with Gasteiger partial charge in [0.25, 0.3) is 0 Å². The lowest BCUT2D eigenvalue weighted by Gasteiger charge is -2.20. The van der Waals surface area contributed by atoms with Gasteiger partial charge >= 0.3 is 0 Å². The quantitative estimate of drug-likeness (QED) is 0.148. The van der Waals surface area contributed by atoms with Gasteiger partial charge in [-0.2, -0.15) is 0 Å². The van der Waals surface area contributed by atoms with Crippen molar-refractivity contribution in [3.63, 3.8) is 0 Å². The Morgan fingerprint density at radius 1 is 0.610 bits per heavy atom. The normalized spacial score (nSPS) is 11.2. The van der Waals surface area contributed by atoms with Crippen molar-refractivity contribution in [2.45, 2.75) is 12.8 Å². The van der Waals surface area contributed by atoms with Gasteiger partial charge in [-0.3, -0.25) is 9.59 Å². The molecular weight excluding hydrogens is 508 g/mol. The summed E-state index contributed by atoms with van der Waals surface area (Å²) in [5.41, 5.74) is 3.59. The second-order valence-electron chi connectivity index (χ2n) is 9.48. The van der Waals surface area contributed by atoms with Crippen molar-refractivity contribution in [1.82, 2.24) is 10.6 Å². The number of rotatable bonds is 10. The predicted octanol–water partition coefficient (Wildman–Crippen LogP) is 7.08. The number of nitrogens with one attached hydrogen (secondary N) is 2. The van der Waals surface area contributed by atoms with Gasteiger partial charge in [-0.25, -0.2) is 0 Å². The molecule has 0 unspecified atom stereocenters. The molecule has 5 heteroatoms. The van der Waals surface area contributed by atoms with Crippen molar-refractivity contribution in [2.75, 3.05) is 0 Å². The molecule has 202 valence electrons. The Labute approximate surface area is 239 Å². The van der Waals surface area contributed by atoms with E-state index in [9.17, 15) is 9.59 Å². The molecule has 5 aromatic rings. The van der Waals surface area contributed by atoms with Crippen LogP contribution in [0.15, 0.2) is 140 Å². The largest absolute Gasteiger partial charge is 0.489 e. The Kier molecular flexibility index (Phi) is 9.00. The third-order valence-electron chi connectivity index (χ3n) is 6.46. The smallest absolute Gasteiger partial charge is 0.245 e. The highest BCUT2D eigenvalue weighted by Gasteiger charge is 2.15. The minimum atomic E-state index is -0.745. The van der Waals surface area contributed by atoms with Crippen LogP contribution in [-0.2, 0) is 16.2 Å². The van der Waals surface area contributed by atoms with Crippen LogP contribution in [0.5, 0.6) is 5.75 Å². The van der Waals surface area contributed by atoms with Gasteiger partial charge in [-0.05, 0) is 63.4 Å². The van der Waals surface area contributed by atoms with Crippen LogP contribution in [0.2, 0.25) is 0 Å². The molecule has 0 spiro atoms. The fraction of sp³-hybridized carbons (Fsp3) is 0.0556. The standard InChI is InChI=1S/C36H30N2O3/c39-34(23-16-27-9-3-1-4-10-27)37-36(38-35(40)24-17-28-11-5-2-6-12-28)31-19-21-33(22-20-31)41-26-29-15-18-30-13-7-8-14-32(30)25-29/h1-25,36H,26H2,(H,37,39)(H,38,40)/b23-16+,24-17+. The number of amides is 2. The number of fused-ring (bicyclic) bond motifs is 1. The average Bonchev–Trinajstić information content (AvgIpc) is 3.02. The monoisotopic (exact) mass is 538 g/mol. The molecule has 0 aliphatic carbocycles. The van der Waals surface area contributed by atoms with Crippen molar-refractivity contribution in [1.29, 1.82) is 0 Å². The van der Waals surface area contributed by atoms with E-state index in [0.29, 0.717) is 17.9 Å². The van der Waals surface area contributed by atoms with Gasteiger partial charge in [0.1, 0.15) is 18.5 Å². The molecule has 5 nitrogen and oxygen atoms in total. The first-order valence-electron chi connectivity index (χ1n) is 13.4. The molecule has 0 saturated carbocycles. The summed E-state index contributed by atoms with van der Waals surface area (Å²) in [6.07, 6.45) is 5.62. The van der Waals surface area contributed by atoms with E-state index in [4.69, 9.17) is 4.74 Å². The topological polar surface area (TPSA) is 67.4 Å². The molecule has 0 bridgehead atoms. The summed E-state index contributed by atoms with van der Waals surface area (Å²) in [7, 11) is 0. The molecule has 2 N–H and O–H groups in total. The Balaban J connectivity index is 1.27. The summed E-state index contributed by atoms with van der Waals surface area (Å²) >= 11 is 0. The number of carbonyl (C=O) groups excluding carboxylic acids is 2. The highest BCUT2D eigenvalue weighted by Crippen LogP contribution is 2.20. The first-order chi connectivity index (χ1) is 20.1. The molecule has 5 rings (SSSR count). The van der Waals surface area contributed by atoms with Crippen LogP contribution >= 0.6 is 0 Å². The lowest BCUT2D eigenvalue weighted by Crippen LogP contribution is -2.39. The number of ether oxygens (including phenoxy) is 1. The van der Waals surface area contributed by atoms with E-state index < -0.39 is 6.17 Å². The highest BCUT2D eigenvalue weighted by molar-refractivity contribution is 5.94. The Hall–Kier alpha value is -5.42. The molecule has 0 atom stereocenters. The zero-order valence-corrected chi connectivity index (χ0v) is 22.4. The molecule has 2 amide bonds. The third-order valence-corrected chi connectivity index (χ3v) is 6.46. The maximum absolute atomic E-state index is 12.8. The molecule has 0 aliphatic rings. The van der Waals surface area contributed by atoms with Crippen LogP contribution in [0.25, 0.3) is 22.9 Å². The first kappa shape index (κ1) is 27.2. The van der Waals surface area contributed by atoms with E-state index in [1.165, 1.54) is 22.9 Å². The highest BCUT2D eigenvalue weighted by atomic mass is 16.5. The maximum atomic E-state index is 12.8. The van der Waals surface area contributed by atoms with Gasteiger partial charge in [0.2, 0.25) is 11.8 Å². The van der Waals surface area contributed by atoms with Crippen LogP contribution in [0.3, 0.4) is 0 Å². The summed E-state index contributed by atoms with van der Waals surface area (Å²) in [4.78, 5) is 25.6. The van der Waals surface area contributed by atoms with Crippen molar-refractivity contribution in [2.24, 2.45) is 0 Å². The van der Waals surface area contributed by atoms with Crippen LogP contribution in [0.4, 0.5) is 0 Å². The minimum Gasteiger partial charge on any atom is -0.489 e. The van der Waals surface area contributed by atoms with E-state index in [2.05, 4.69) is 41.0 Å². The van der Waals surface area contributed by atoms with Gasteiger partial charge in [-0.1, -0.05) is 109 Å². The molecule has 0 saturated heterocycles. The predicted molar refractivity (Wildman–Crippen MR) is 165 cm³/mol. The van der Waals surface area contributed by atoms with E-state index in [1.807, 2.05) is 97.1 Å². The van der Waals surface area contributed by atoms with E-state index in [1.54, 1.807) is 12.2 Å². The lowest BCUT2D eigenvalue weighted by molar-refractivity contribution is -0.119. The second kappa shape index (κ2) is 13.6. The molecule has 0 aromatic heterocycles. The Bertz CT molecular complexity index is 1600. The van der Waals surface area contributed by atoms with Crippen molar-refractivity contribution < 1.29 is 14.3 Å². The fourth-order valence-corrected chi connectivity index (χ4v) is 4.31. The molecule has 0 radical (unpaired) electrons. The number of hydrogen-bond donors (Lipinski definition) is 2. The molecular formula is C36H30N2O3. The summed E-state index contributed by atoms with van der Waals surface area (Å²) in [5, 5.41) is 8.14. The zero-order valence-electron chi connectivity index (χ0n) is 22.4. The van der Waals surface area contributed by atoms with Crippen molar-refractivity contribution in [3.05, 3.63) is 162 Å². The SMILES string of the molecule is O=C(/C=C/c1ccccc1)NC(NC(=O)/C=C/c1ccccc1)c1ccc(OCc2ccc3ccccc3c2)cc1. The minimum absolute atomic E-state index is 0.331. The zero-order chi connectivity index (χ0) is 28.3. The second-order valence-corrected chi connectivity index (χ2v) is 9.48. The molecule has 41 heavy (non-hydrogen) atoms. The van der Waals surface area contributed by atoms with Gasteiger partial charge in [0.05, 0.1) is 0 Å². The fourth-order valence-electron chi connectivity index (χ4n) is 4.31. The van der Waals surface area contributed by atoms with Gasteiger partial charge < -0.3 is 15.4 Å². The van der Waals surface area contributed by atoms with E-state index >= 15 is 0 Å². The maximum Gasteiger partial charge on any atom is 0.245 e. The lowest BCUT2D eigenvalue weighted by atomic mass is 10.1. The van der Waals surface area contributed by atoms with Gasteiger partial charge in [0.15, 0.2) is 0 Å². The van der Waals surface area contributed by atoms with Crippen molar-refractivity contribution >= 4 is 34.7 Å². The summed E-state index contributed by atoms with van der Waals surface area (Å²) in [6.45, 7) is 0.426. The summed E-state index contributed by atoms with van der Waals surface area (Å²) < 4.78 is 6.02. The molecule has 0 heterocycles. The molecule has 0 aliphatic heterocycles. The van der Waals surface area contributed by atoms with Crippen LogP contribution < -0.4 is 15.4 Å². The summed E-state index contributed by atoms with van der Waals surface area (Å²) in [5.74, 6) is 0.0249. The number of benzene rings is 5. The van der Waals surface area contributed by atoms with Crippen LogP contribution in [0, 0.1) is 0 Å². The molecule has 5 aromatic carbocycles. The number of hydrogen-bond acceptors (Lipinski definition) is 3.